The van der Waals surface area contributed by atoms with Crippen LogP contribution in [-0.2, 0) is 17.1 Å². The topological polar surface area (TPSA) is 84.3 Å². The smallest absolute Gasteiger partial charge is 0.252 e. The number of nitrogens with zero attached hydrogens (tertiary/aromatic N) is 3. The van der Waals surface area contributed by atoms with Gasteiger partial charge in [0.2, 0.25) is 10.0 Å². The lowest BCUT2D eigenvalue weighted by Gasteiger charge is -2.34. The van der Waals surface area contributed by atoms with Crippen LogP contribution in [0.3, 0.4) is 0 Å². The molecule has 0 bridgehead atoms. The standard InChI is InChI=1S/C25H29FN4O3S/c1-17-12-18(2)16-30(15-17)34(32,33)22-9-5-7-20(14-22)25(31)28-23(24-27-10-11-29(24)3)19-6-4-8-21(26)13-19/h4-11,13-14,17-18,23H,12,15-16H2,1-3H3,(H,28,31). The number of benzene rings is 2. The van der Waals surface area contributed by atoms with Crippen LogP contribution in [0.25, 0.3) is 0 Å². The Balaban J connectivity index is 1.63. The molecule has 0 aliphatic carbocycles. The van der Waals surface area contributed by atoms with E-state index in [1.165, 1.54) is 28.6 Å². The molecule has 1 saturated heterocycles. The highest BCUT2D eigenvalue weighted by atomic mass is 32.2. The molecule has 34 heavy (non-hydrogen) atoms. The highest BCUT2D eigenvalue weighted by Gasteiger charge is 2.32. The van der Waals surface area contributed by atoms with E-state index in [0.29, 0.717) is 24.5 Å². The van der Waals surface area contributed by atoms with E-state index in [2.05, 4.69) is 10.3 Å². The summed E-state index contributed by atoms with van der Waals surface area (Å²) in [6, 6.07) is 11.3. The normalized spacial score (nSPS) is 20.1. The van der Waals surface area contributed by atoms with Crippen molar-refractivity contribution in [3.63, 3.8) is 0 Å². The minimum Gasteiger partial charge on any atom is -0.338 e. The van der Waals surface area contributed by atoms with Crippen molar-refractivity contribution in [2.75, 3.05) is 13.1 Å². The number of carbonyl (C=O) groups is 1. The summed E-state index contributed by atoms with van der Waals surface area (Å²) in [7, 11) is -1.95. The lowest BCUT2D eigenvalue weighted by Crippen LogP contribution is -2.42. The summed E-state index contributed by atoms with van der Waals surface area (Å²) in [4.78, 5) is 17.6. The SMILES string of the molecule is CC1CC(C)CN(S(=O)(=O)c2cccc(C(=O)NC(c3cccc(F)c3)c3nccn3C)c2)C1. The number of piperidine rings is 1. The molecule has 1 aromatic heterocycles. The molecule has 2 heterocycles. The number of carbonyl (C=O) groups excluding carboxylic acids is 1. The van der Waals surface area contributed by atoms with Gasteiger partial charge in [-0.1, -0.05) is 32.0 Å². The summed E-state index contributed by atoms with van der Waals surface area (Å²) in [6.45, 7) is 5.02. The molecule has 1 aliphatic heterocycles. The van der Waals surface area contributed by atoms with E-state index in [1.807, 2.05) is 13.8 Å². The second-order valence-electron chi connectivity index (χ2n) is 9.15. The van der Waals surface area contributed by atoms with Gasteiger partial charge in [-0.15, -0.1) is 0 Å². The van der Waals surface area contributed by atoms with Crippen molar-refractivity contribution in [1.82, 2.24) is 19.2 Å². The van der Waals surface area contributed by atoms with Gasteiger partial charge < -0.3 is 9.88 Å². The van der Waals surface area contributed by atoms with Crippen LogP contribution in [-0.4, -0.2) is 41.3 Å². The molecule has 180 valence electrons. The van der Waals surface area contributed by atoms with Gasteiger partial charge in [0.25, 0.3) is 5.91 Å². The maximum Gasteiger partial charge on any atom is 0.252 e. The van der Waals surface area contributed by atoms with E-state index in [1.54, 1.807) is 48.3 Å². The molecular weight excluding hydrogens is 455 g/mol. The Morgan fingerprint density at radius 2 is 1.82 bits per heavy atom. The molecule has 1 aliphatic rings. The molecule has 0 radical (unpaired) electrons. The Labute approximate surface area is 199 Å². The zero-order chi connectivity index (χ0) is 24.5. The van der Waals surface area contributed by atoms with Crippen LogP contribution >= 0.6 is 0 Å². The Hall–Kier alpha value is -3.04. The van der Waals surface area contributed by atoms with Crippen molar-refractivity contribution in [3.05, 3.63) is 83.7 Å². The third kappa shape index (κ3) is 5.05. The van der Waals surface area contributed by atoms with Crippen LogP contribution in [0.5, 0.6) is 0 Å². The largest absolute Gasteiger partial charge is 0.338 e. The Morgan fingerprint density at radius 3 is 2.47 bits per heavy atom. The average Bonchev–Trinajstić information content (AvgIpc) is 3.22. The van der Waals surface area contributed by atoms with E-state index in [0.717, 1.165) is 6.42 Å². The number of rotatable bonds is 6. The molecule has 3 unspecified atom stereocenters. The van der Waals surface area contributed by atoms with Crippen molar-refractivity contribution in [1.29, 1.82) is 0 Å². The molecule has 3 aromatic rings. The Kier molecular flexibility index (Phi) is 6.86. The fourth-order valence-corrected chi connectivity index (χ4v) is 6.33. The first kappa shape index (κ1) is 24.1. The zero-order valence-electron chi connectivity index (χ0n) is 19.5. The molecular formula is C25H29FN4O3S. The van der Waals surface area contributed by atoms with Gasteiger partial charge in [0, 0.05) is 38.1 Å². The quantitative estimate of drug-likeness (QED) is 0.578. The summed E-state index contributed by atoms with van der Waals surface area (Å²) < 4.78 is 43.8. The first-order valence-electron chi connectivity index (χ1n) is 11.3. The molecule has 1 amide bonds. The van der Waals surface area contributed by atoms with E-state index in [4.69, 9.17) is 0 Å². The van der Waals surface area contributed by atoms with Gasteiger partial charge in [-0.3, -0.25) is 4.79 Å². The maximum absolute atomic E-state index is 13.9. The molecule has 1 fully saturated rings. The lowest BCUT2D eigenvalue weighted by molar-refractivity contribution is 0.0941. The molecule has 2 aromatic carbocycles. The van der Waals surface area contributed by atoms with E-state index in [-0.39, 0.29) is 22.3 Å². The van der Waals surface area contributed by atoms with Crippen LogP contribution in [0.4, 0.5) is 4.39 Å². The average molecular weight is 485 g/mol. The van der Waals surface area contributed by atoms with Crippen molar-refractivity contribution in [2.24, 2.45) is 18.9 Å². The van der Waals surface area contributed by atoms with Gasteiger partial charge in [0.1, 0.15) is 17.7 Å². The van der Waals surface area contributed by atoms with Crippen LogP contribution in [0.1, 0.15) is 48.1 Å². The molecule has 9 heteroatoms. The van der Waals surface area contributed by atoms with Crippen LogP contribution in [0, 0.1) is 17.7 Å². The summed E-state index contributed by atoms with van der Waals surface area (Å²) in [5.41, 5.74) is 0.734. The molecule has 1 N–H and O–H groups in total. The van der Waals surface area contributed by atoms with Crippen molar-refractivity contribution in [3.8, 4) is 0 Å². The van der Waals surface area contributed by atoms with E-state index in [9.17, 15) is 17.6 Å². The number of amides is 1. The van der Waals surface area contributed by atoms with Crippen molar-refractivity contribution in [2.45, 2.75) is 31.2 Å². The Morgan fingerprint density at radius 1 is 1.12 bits per heavy atom. The fourth-order valence-electron chi connectivity index (χ4n) is 4.60. The second kappa shape index (κ2) is 9.68. The zero-order valence-corrected chi connectivity index (χ0v) is 20.3. The summed E-state index contributed by atoms with van der Waals surface area (Å²) in [6.07, 6.45) is 4.33. The lowest BCUT2D eigenvalue weighted by atomic mass is 9.94. The number of hydrogen-bond acceptors (Lipinski definition) is 4. The van der Waals surface area contributed by atoms with Gasteiger partial charge >= 0.3 is 0 Å². The summed E-state index contributed by atoms with van der Waals surface area (Å²) >= 11 is 0. The predicted octanol–water partition coefficient (Wildman–Crippen LogP) is 3.75. The second-order valence-corrected chi connectivity index (χ2v) is 11.1. The van der Waals surface area contributed by atoms with Crippen LogP contribution < -0.4 is 5.32 Å². The third-order valence-corrected chi connectivity index (χ3v) is 7.97. The number of sulfonamides is 1. The van der Waals surface area contributed by atoms with Gasteiger partial charge in [-0.25, -0.2) is 17.8 Å². The number of aryl methyl sites for hydroxylation is 1. The van der Waals surface area contributed by atoms with Gasteiger partial charge in [0.05, 0.1) is 4.90 Å². The molecule has 0 saturated carbocycles. The van der Waals surface area contributed by atoms with Crippen molar-refractivity contribution < 1.29 is 17.6 Å². The molecule has 0 spiro atoms. The molecule has 3 atom stereocenters. The highest BCUT2D eigenvalue weighted by Crippen LogP contribution is 2.27. The van der Waals surface area contributed by atoms with E-state index < -0.39 is 27.8 Å². The Bertz CT molecular complexity index is 1280. The maximum atomic E-state index is 13.9. The first-order chi connectivity index (χ1) is 16.1. The van der Waals surface area contributed by atoms with Gasteiger partial charge in [-0.2, -0.15) is 4.31 Å². The first-order valence-corrected chi connectivity index (χ1v) is 12.7. The monoisotopic (exact) mass is 484 g/mol. The van der Waals surface area contributed by atoms with Crippen LogP contribution in [0.15, 0.2) is 65.8 Å². The third-order valence-electron chi connectivity index (χ3n) is 6.14. The molecule has 7 nitrogen and oxygen atoms in total. The molecule has 4 rings (SSSR count). The predicted molar refractivity (Wildman–Crippen MR) is 127 cm³/mol. The van der Waals surface area contributed by atoms with Gasteiger partial charge in [-0.05, 0) is 54.2 Å². The van der Waals surface area contributed by atoms with Crippen LogP contribution in [0.2, 0.25) is 0 Å². The minimum absolute atomic E-state index is 0.0840. The van der Waals surface area contributed by atoms with Gasteiger partial charge in [0.15, 0.2) is 0 Å². The number of imidazole rings is 1. The number of nitrogens with one attached hydrogen (secondary N) is 1. The minimum atomic E-state index is -3.73. The number of hydrogen-bond donors (Lipinski definition) is 1. The summed E-state index contributed by atoms with van der Waals surface area (Å²) in [5.74, 6) is 0.169. The number of aromatic nitrogens is 2. The van der Waals surface area contributed by atoms with E-state index >= 15 is 0 Å². The number of halogens is 1. The highest BCUT2D eigenvalue weighted by molar-refractivity contribution is 7.89. The fraction of sp³-hybridized carbons (Fsp3) is 0.360. The van der Waals surface area contributed by atoms with Crippen molar-refractivity contribution >= 4 is 15.9 Å². The summed E-state index contributed by atoms with van der Waals surface area (Å²) in [5, 5.41) is 2.90.